The summed E-state index contributed by atoms with van der Waals surface area (Å²) in [5.74, 6) is -0.856. The Morgan fingerprint density at radius 2 is 2.29 bits per heavy atom. The third-order valence-corrected chi connectivity index (χ3v) is 1.76. The first-order valence-corrected chi connectivity index (χ1v) is 4.36. The van der Waals surface area contributed by atoms with Crippen LogP contribution in [0.15, 0.2) is 16.9 Å². The molecule has 0 aromatic carbocycles. The number of rotatable bonds is 4. The van der Waals surface area contributed by atoms with Crippen molar-refractivity contribution in [3.8, 4) is 0 Å². The summed E-state index contributed by atoms with van der Waals surface area (Å²) < 4.78 is 1.29. The van der Waals surface area contributed by atoms with Gasteiger partial charge in [0.1, 0.15) is 0 Å². The average molecular weight is 196 g/mol. The minimum absolute atomic E-state index is 0.0576. The molecule has 0 amide bonds. The summed E-state index contributed by atoms with van der Waals surface area (Å²) in [7, 11) is 0. The van der Waals surface area contributed by atoms with Gasteiger partial charge in [0.25, 0.3) is 5.56 Å². The second-order valence-electron chi connectivity index (χ2n) is 3.03. The van der Waals surface area contributed by atoms with Gasteiger partial charge in [0.2, 0.25) is 0 Å². The molecule has 0 spiro atoms. The third-order valence-electron chi connectivity index (χ3n) is 1.76. The lowest BCUT2D eigenvalue weighted by Crippen LogP contribution is -2.22. The summed E-state index contributed by atoms with van der Waals surface area (Å²) in [5, 5.41) is 12.4. The van der Waals surface area contributed by atoms with E-state index >= 15 is 0 Å². The lowest BCUT2D eigenvalue weighted by Gasteiger charge is -2.02. The van der Waals surface area contributed by atoms with Crippen LogP contribution < -0.4 is 5.56 Å². The van der Waals surface area contributed by atoms with Crippen LogP contribution in [0, 0.1) is 6.92 Å². The fourth-order valence-electron chi connectivity index (χ4n) is 1.09. The van der Waals surface area contributed by atoms with Gasteiger partial charge in [0.15, 0.2) is 0 Å². The Kier molecular flexibility index (Phi) is 3.39. The molecule has 5 nitrogen and oxygen atoms in total. The van der Waals surface area contributed by atoms with Crippen molar-refractivity contribution in [3.05, 3.63) is 28.2 Å². The first kappa shape index (κ1) is 10.4. The highest BCUT2D eigenvalue weighted by Crippen LogP contribution is 1.92. The molecule has 0 fully saturated rings. The first-order valence-electron chi connectivity index (χ1n) is 4.36. The SMILES string of the molecule is Cc1ccc(=O)n(CCCC(=O)O)n1. The molecule has 0 bridgehead atoms. The van der Waals surface area contributed by atoms with E-state index in [0.29, 0.717) is 13.0 Å². The van der Waals surface area contributed by atoms with Crippen LogP contribution in [-0.2, 0) is 11.3 Å². The van der Waals surface area contributed by atoms with E-state index in [1.54, 1.807) is 13.0 Å². The minimum atomic E-state index is -0.856. The molecule has 1 heterocycles. The Labute approximate surface area is 81.0 Å². The second-order valence-corrected chi connectivity index (χ2v) is 3.03. The quantitative estimate of drug-likeness (QED) is 0.757. The van der Waals surface area contributed by atoms with Crippen molar-refractivity contribution in [2.24, 2.45) is 0 Å². The average Bonchev–Trinajstić information content (AvgIpc) is 2.10. The van der Waals surface area contributed by atoms with Crippen LogP contribution in [0.5, 0.6) is 0 Å². The van der Waals surface area contributed by atoms with Crippen molar-refractivity contribution in [2.45, 2.75) is 26.3 Å². The van der Waals surface area contributed by atoms with Gasteiger partial charge in [-0.2, -0.15) is 5.10 Å². The van der Waals surface area contributed by atoms with E-state index in [4.69, 9.17) is 5.11 Å². The number of nitrogens with zero attached hydrogens (tertiary/aromatic N) is 2. The molecule has 14 heavy (non-hydrogen) atoms. The highest BCUT2D eigenvalue weighted by Gasteiger charge is 2.00. The van der Waals surface area contributed by atoms with Crippen molar-refractivity contribution in [3.63, 3.8) is 0 Å². The van der Waals surface area contributed by atoms with Gasteiger partial charge in [-0.15, -0.1) is 0 Å². The van der Waals surface area contributed by atoms with Crippen LogP contribution in [0.4, 0.5) is 0 Å². The molecule has 0 saturated heterocycles. The van der Waals surface area contributed by atoms with Crippen molar-refractivity contribution in [2.75, 3.05) is 0 Å². The summed E-state index contributed by atoms with van der Waals surface area (Å²) in [6.45, 7) is 2.14. The van der Waals surface area contributed by atoms with E-state index in [1.165, 1.54) is 10.7 Å². The van der Waals surface area contributed by atoms with Crippen molar-refractivity contribution in [1.29, 1.82) is 0 Å². The van der Waals surface area contributed by atoms with Gasteiger partial charge in [-0.3, -0.25) is 9.59 Å². The lowest BCUT2D eigenvalue weighted by atomic mass is 10.3. The smallest absolute Gasteiger partial charge is 0.303 e. The molecule has 1 aromatic rings. The summed E-state index contributed by atoms with van der Waals surface area (Å²) in [5.41, 5.74) is 0.556. The van der Waals surface area contributed by atoms with Crippen LogP contribution >= 0.6 is 0 Å². The molecule has 0 saturated carbocycles. The second kappa shape index (κ2) is 4.55. The van der Waals surface area contributed by atoms with E-state index < -0.39 is 5.97 Å². The maximum Gasteiger partial charge on any atom is 0.303 e. The number of carbonyl (C=O) groups is 1. The fraction of sp³-hybridized carbons (Fsp3) is 0.444. The summed E-state index contributed by atoms with van der Waals surface area (Å²) in [6.07, 6.45) is 0.480. The van der Waals surface area contributed by atoms with Crippen molar-refractivity contribution in [1.82, 2.24) is 9.78 Å². The van der Waals surface area contributed by atoms with Gasteiger partial charge in [0, 0.05) is 19.0 Å². The summed E-state index contributed by atoms with van der Waals surface area (Å²) in [4.78, 5) is 21.4. The number of carboxylic acids is 1. The molecule has 0 aliphatic heterocycles. The molecule has 0 aliphatic rings. The Hall–Kier alpha value is -1.65. The molecular formula is C9H12N2O3. The van der Waals surface area contributed by atoms with Crippen LogP contribution in [0.25, 0.3) is 0 Å². The van der Waals surface area contributed by atoms with Crippen LogP contribution in [0.1, 0.15) is 18.5 Å². The molecular weight excluding hydrogens is 184 g/mol. The molecule has 0 atom stereocenters. The molecule has 0 radical (unpaired) electrons. The van der Waals surface area contributed by atoms with Gasteiger partial charge in [-0.05, 0) is 19.4 Å². The van der Waals surface area contributed by atoms with Gasteiger partial charge >= 0.3 is 5.97 Å². The van der Waals surface area contributed by atoms with E-state index in [0.717, 1.165) is 5.69 Å². The van der Waals surface area contributed by atoms with E-state index in [2.05, 4.69) is 5.10 Å². The largest absolute Gasteiger partial charge is 0.481 e. The van der Waals surface area contributed by atoms with Gasteiger partial charge < -0.3 is 5.11 Å². The molecule has 5 heteroatoms. The summed E-state index contributed by atoms with van der Waals surface area (Å²) in [6, 6.07) is 3.07. The molecule has 1 aromatic heterocycles. The Morgan fingerprint density at radius 1 is 1.57 bits per heavy atom. The highest BCUT2D eigenvalue weighted by atomic mass is 16.4. The zero-order chi connectivity index (χ0) is 10.6. The topological polar surface area (TPSA) is 72.2 Å². The molecule has 1 rings (SSSR count). The lowest BCUT2D eigenvalue weighted by molar-refractivity contribution is -0.137. The number of aromatic nitrogens is 2. The molecule has 0 unspecified atom stereocenters. The number of aliphatic carboxylic acids is 1. The normalized spacial score (nSPS) is 10.1. The van der Waals surface area contributed by atoms with Gasteiger partial charge in [-0.25, -0.2) is 4.68 Å². The van der Waals surface area contributed by atoms with E-state index in [1.807, 2.05) is 0 Å². The van der Waals surface area contributed by atoms with Gasteiger partial charge in [0.05, 0.1) is 5.69 Å². The zero-order valence-electron chi connectivity index (χ0n) is 7.93. The monoisotopic (exact) mass is 196 g/mol. The zero-order valence-corrected chi connectivity index (χ0v) is 7.93. The molecule has 1 N–H and O–H groups in total. The number of hydrogen-bond acceptors (Lipinski definition) is 3. The molecule has 76 valence electrons. The predicted molar refractivity (Wildman–Crippen MR) is 50.1 cm³/mol. The summed E-state index contributed by atoms with van der Waals surface area (Å²) >= 11 is 0. The standard InChI is InChI=1S/C9H12N2O3/c1-7-4-5-8(12)11(10-7)6-2-3-9(13)14/h4-5H,2-3,6H2,1H3,(H,13,14). The maximum atomic E-state index is 11.2. The number of hydrogen-bond donors (Lipinski definition) is 1. The Morgan fingerprint density at radius 3 is 2.93 bits per heavy atom. The van der Waals surface area contributed by atoms with Crippen molar-refractivity contribution >= 4 is 5.97 Å². The third kappa shape index (κ3) is 3.01. The van der Waals surface area contributed by atoms with E-state index in [9.17, 15) is 9.59 Å². The van der Waals surface area contributed by atoms with Crippen molar-refractivity contribution < 1.29 is 9.90 Å². The predicted octanol–water partition coefficient (Wildman–Crippen LogP) is 0.417. The van der Waals surface area contributed by atoms with E-state index in [-0.39, 0.29) is 12.0 Å². The van der Waals surface area contributed by atoms with Crippen LogP contribution in [0.3, 0.4) is 0 Å². The Balaban J connectivity index is 2.62. The molecule has 0 aliphatic carbocycles. The fourth-order valence-corrected chi connectivity index (χ4v) is 1.09. The highest BCUT2D eigenvalue weighted by molar-refractivity contribution is 5.66. The van der Waals surface area contributed by atoms with Crippen LogP contribution in [-0.4, -0.2) is 20.9 Å². The number of aryl methyl sites for hydroxylation is 2. The van der Waals surface area contributed by atoms with Crippen LogP contribution in [0.2, 0.25) is 0 Å². The maximum absolute atomic E-state index is 11.2. The number of carboxylic acid groups (broad SMARTS) is 1. The minimum Gasteiger partial charge on any atom is -0.481 e. The Bertz CT molecular complexity index is 384. The van der Waals surface area contributed by atoms with Gasteiger partial charge in [-0.1, -0.05) is 0 Å². The first-order chi connectivity index (χ1) is 6.59.